The highest BCUT2D eigenvalue weighted by Gasteiger charge is 2.23. The Morgan fingerprint density at radius 2 is 1.68 bits per heavy atom. The molecule has 1 unspecified atom stereocenters. The molecule has 0 spiro atoms. The highest BCUT2D eigenvalue weighted by atomic mass is 14.8. The van der Waals surface area contributed by atoms with Crippen LogP contribution in [-0.2, 0) is 0 Å². The minimum absolute atomic E-state index is 0.689. The van der Waals surface area contributed by atoms with Gasteiger partial charge in [0.25, 0.3) is 0 Å². The van der Waals surface area contributed by atoms with Crippen molar-refractivity contribution in [1.29, 1.82) is 0 Å². The minimum Gasteiger partial charge on any atom is -0.319 e. The van der Waals surface area contributed by atoms with Crippen molar-refractivity contribution in [3.05, 3.63) is 35.9 Å². The van der Waals surface area contributed by atoms with E-state index in [1.165, 1.54) is 44.1 Å². The summed E-state index contributed by atoms with van der Waals surface area (Å²) in [6.45, 7) is 3.45. The SMILES string of the molecule is CCC1CCC(CC(CNC)c2ccccc2)CC1. The molecule has 1 aromatic carbocycles. The van der Waals surface area contributed by atoms with Crippen LogP contribution in [-0.4, -0.2) is 13.6 Å². The maximum Gasteiger partial charge on any atom is 0.00172 e. The first-order valence-corrected chi connectivity index (χ1v) is 8.03. The van der Waals surface area contributed by atoms with E-state index in [-0.39, 0.29) is 0 Å². The van der Waals surface area contributed by atoms with Gasteiger partial charge in [0, 0.05) is 6.54 Å². The summed E-state index contributed by atoms with van der Waals surface area (Å²) in [5.41, 5.74) is 1.51. The van der Waals surface area contributed by atoms with Gasteiger partial charge in [-0.05, 0) is 36.8 Å². The lowest BCUT2D eigenvalue weighted by Crippen LogP contribution is -2.22. The van der Waals surface area contributed by atoms with Crippen LogP contribution in [0.2, 0.25) is 0 Å². The van der Waals surface area contributed by atoms with Gasteiger partial charge in [0.2, 0.25) is 0 Å². The van der Waals surface area contributed by atoms with Crippen LogP contribution in [0.25, 0.3) is 0 Å². The van der Waals surface area contributed by atoms with Crippen molar-refractivity contribution in [3.8, 4) is 0 Å². The zero-order valence-corrected chi connectivity index (χ0v) is 12.6. The molecule has 1 nitrogen and oxygen atoms in total. The topological polar surface area (TPSA) is 12.0 Å². The molecule has 0 aromatic heterocycles. The fraction of sp³-hybridized carbons (Fsp3) is 0.667. The lowest BCUT2D eigenvalue weighted by atomic mass is 9.76. The third kappa shape index (κ3) is 4.35. The summed E-state index contributed by atoms with van der Waals surface area (Å²) in [6.07, 6.45) is 8.56. The van der Waals surface area contributed by atoms with Gasteiger partial charge in [-0.1, -0.05) is 69.4 Å². The molecule has 1 aliphatic carbocycles. The quantitative estimate of drug-likeness (QED) is 0.787. The zero-order valence-electron chi connectivity index (χ0n) is 12.6. The lowest BCUT2D eigenvalue weighted by Gasteiger charge is -2.30. The molecule has 1 N–H and O–H groups in total. The van der Waals surface area contributed by atoms with E-state index < -0.39 is 0 Å². The predicted octanol–water partition coefficient (Wildman–Crippen LogP) is 4.60. The highest BCUT2D eigenvalue weighted by Crippen LogP contribution is 2.36. The smallest absolute Gasteiger partial charge is 0.00172 e. The summed E-state index contributed by atoms with van der Waals surface area (Å²) < 4.78 is 0. The van der Waals surface area contributed by atoms with Gasteiger partial charge < -0.3 is 5.32 Å². The van der Waals surface area contributed by atoms with Gasteiger partial charge in [0.15, 0.2) is 0 Å². The second kappa shape index (κ2) is 7.69. The van der Waals surface area contributed by atoms with Crippen LogP contribution in [0.15, 0.2) is 30.3 Å². The van der Waals surface area contributed by atoms with Crippen molar-refractivity contribution in [2.75, 3.05) is 13.6 Å². The van der Waals surface area contributed by atoms with Gasteiger partial charge in [-0.2, -0.15) is 0 Å². The summed E-state index contributed by atoms with van der Waals surface area (Å²) in [6, 6.07) is 11.0. The molecule has 0 heterocycles. The third-order valence-electron chi connectivity index (χ3n) is 4.88. The molecular formula is C18H29N. The average molecular weight is 259 g/mol. The molecule has 106 valence electrons. The van der Waals surface area contributed by atoms with Crippen molar-refractivity contribution in [1.82, 2.24) is 5.32 Å². The van der Waals surface area contributed by atoms with E-state index in [1.807, 2.05) is 0 Å². The van der Waals surface area contributed by atoms with Gasteiger partial charge in [0.05, 0.1) is 0 Å². The average Bonchev–Trinajstić information content (AvgIpc) is 2.48. The number of benzene rings is 1. The molecule has 0 radical (unpaired) electrons. The normalized spacial score (nSPS) is 25.2. The van der Waals surface area contributed by atoms with E-state index in [0.717, 1.165) is 18.4 Å². The van der Waals surface area contributed by atoms with Gasteiger partial charge in [0.1, 0.15) is 0 Å². The van der Waals surface area contributed by atoms with Crippen molar-refractivity contribution in [2.24, 2.45) is 11.8 Å². The molecule has 0 amide bonds. The van der Waals surface area contributed by atoms with Gasteiger partial charge in [-0.15, -0.1) is 0 Å². The maximum atomic E-state index is 3.38. The molecule has 1 aliphatic rings. The molecule has 2 rings (SSSR count). The summed E-state index contributed by atoms with van der Waals surface area (Å²) in [7, 11) is 2.07. The monoisotopic (exact) mass is 259 g/mol. The van der Waals surface area contributed by atoms with Crippen LogP contribution < -0.4 is 5.32 Å². The second-order valence-electron chi connectivity index (χ2n) is 6.20. The van der Waals surface area contributed by atoms with Gasteiger partial charge in [-0.3, -0.25) is 0 Å². The van der Waals surface area contributed by atoms with Crippen LogP contribution in [0.3, 0.4) is 0 Å². The van der Waals surface area contributed by atoms with Crippen molar-refractivity contribution < 1.29 is 0 Å². The summed E-state index contributed by atoms with van der Waals surface area (Å²) >= 11 is 0. The molecule has 1 fully saturated rings. The third-order valence-corrected chi connectivity index (χ3v) is 4.88. The molecule has 0 saturated heterocycles. The Morgan fingerprint density at radius 3 is 2.26 bits per heavy atom. The van der Waals surface area contributed by atoms with Crippen molar-refractivity contribution in [3.63, 3.8) is 0 Å². The molecule has 1 aromatic rings. The Hall–Kier alpha value is -0.820. The van der Waals surface area contributed by atoms with Crippen LogP contribution in [0, 0.1) is 11.8 Å². The predicted molar refractivity (Wildman–Crippen MR) is 83.5 cm³/mol. The van der Waals surface area contributed by atoms with Crippen molar-refractivity contribution in [2.45, 2.75) is 51.4 Å². The number of nitrogens with one attached hydrogen (secondary N) is 1. The van der Waals surface area contributed by atoms with E-state index in [4.69, 9.17) is 0 Å². The van der Waals surface area contributed by atoms with Crippen LogP contribution in [0.4, 0.5) is 0 Å². The van der Waals surface area contributed by atoms with Crippen LogP contribution >= 0.6 is 0 Å². The molecule has 19 heavy (non-hydrogen) atoms. The second-order valence-corrected chi connectivity index (χ2v) is 6.20. The van der Waals surface area contributed by atoms with Gasteiger partial charge >= 0.3 is 0 Å². The van der Waals surface area contributed by atoms with E-state index >= 15 is 0 Å². The van der Waals surface area contributed by atoms with Crippen molar-refractivity contribution >= 4 is 0 Å². The molecule has 1 heteroatoms. The first-order valence-electron chi connectivity index (χ1n) is 8.03. The maximum absolute atomic E-state index is 3.38. The fourth-order valence-electron chi connectivity index (χ4n) is 3.59. The number of rotatable bonds is 6. The molecular weight excluding hydrogens is 230 g/mol. The molecule has 0 aliphatic heterocycles. The highest BCUT2D eigenvalue weighted by molar-refractivity contribution is 5.20. The number of hydrogen-bond donors (Lipinski definition) is 1. The molecule has 1 saturated carbocycles. The summed E-state index contributed by atoms with van der Waals surface area (Å²) in [4.78, 5) is 0. The largest absolute Gasteiger partial charge is 0.319 e. The Morgan fingerprint density at radius 1 is 1.05 bits per heavy atom. The first kappa shape index (κ1) is 14.6. The van der Waals surface area contributed by atoms with E-state index in [9.17, 15) is 0 Å². The van der Waals surface area contributed by atoms with E-state index in [1.54, 1.807) is 0 Å². The molecule has 0 bridgehead atoms. The van der Waals surface area contributed by atoms with Crippen LogP contribution in [0.1, 0.15) is 56.9 Å². The minimum atomic E-state index is 0.689. The van der Waals surface area contributed by atoms with E-state index in [0.29, 0.717) is 5.92 Å². The van der Waals surface area contributed by atoms with Gasteiger partial charge in [-0.25, -0.2) is 0 Å². The Bertz CT molecular complexity index is 338. The zero-order chi connectivity index (χ0) is 13.5. The van der Waals surface area contributed by atoms with Crippen LogP contribution in [0.5, 0.6) is 0 Å². The Balaban J connectivity index is 1.91. The summed E-state index contributed by atoms with van der Waals surface area (Å²) in [5, 5.41) is 3.38. The number of hydrogen-bond acceptors (Lipinski definition) is 1. The standard InChI is InChI=1S/C18H29N/c1-3-15-9-11-16(12-10-15)13-18(14-19-2)17-7-5-4-6-8-17/h4-8,15-16,18-19H,3,9-14H2,1-2H3. The Labute approximate surface area is 118 Å². The van der Waals surface area contributed by atoms with E-state index in [2.05, 4.69) is 49.6 Å². The first-order chi connectivity index (χ1) is 9.33. The number of likely N-dealkylation sites (N-methyl/N-ethyl adjacent to an activating group) is 1. The summed E-state index contributed by atoms with van der Waals surface area (Å²) in [5.74, 6) is 2.64. The Kier molecular flexibility index (Phi) is 5.91. The lowest BCUT2D eigenvalue weighted by molar-refractivity contribution is 0.247. The fourth-order valence-corrected chi connectivity index (χ4v) is 3.59. The molecule has 1 atom stereocenters.